The molecule has 4 unspecified atom stereocenters. The van der Waals surface area contributed by atoms with Crippen LogP contribution >= 0.6 is 0 Å². The van der Waals surface area contributed by atoms with Crippen LogP contribution in [0.3, 0.4) is 0 Å². The first kappa shape index (κ1) is 27.3. The minimum atomic E-state index is -0.148. The normalized spacial score (nSPS) is 16.6. The minimum absolute atomic E-state index is 0.0228. The van der Waals surface area contributed by atoms with Crippen molar-refractivity contribution in [3.8, 4) is 0 Å². The van der Waals surface area contributed by atoms with Crippen LogP contribution in [-0.4, -0.2) is 52.9 Å². The van der Waals surface area contributed by atoms with Crippen LogP contribution in [0, 0.1) is 6.57 Å². The summed E-state index contributed by atoms with van der Waals surface area (Å²) in [6, 6.07) is 0. The lowest BCUT2D eigenvalue weighted by atomic mass is 9.96. The second kappa shape index (κ2) is 16.1. The smallest absolute Gasteiger partial charge is 0.159 e. The number of rotatable bonds is 16. The average Bonchev–Trinajstić information content (AvgIpc) is 2.73. The Bertz CT molecular complexity index is 588. The van der Waals surface area contributed by atoms with E-state index in [4.69, 9.17) is 25.5 Å². The summed E-state index contributed by atoms with van der Waals surface area (Å²) < 4.78 is 22.6. The van der Waals surface area contributed by atoms with Crippen molar-refractivity contribution in [1.82, 2.24) is 0 Å². The van der Waals surface area contributed by atoms with Gasteiger partial charge in [-0.25, -0.2) is 4.85 Å². The third kappa shape index (κ3) is 11.8. The number of ether oxygens (including phenoxy) is 4. The van der Waals surface area contributed by atoms with Crippen molar-refractivity contribution in [1.29, 1.82) is 0 Å². The summed E-state index contributed by atoms with van der Waals surface area (Å²) in [6.07, 6.45) is 9.48. The molecular weight excluding hydrogens is 366 g/mol. The zero-order valence-corrected chi connectivity index (χ0v) is 19.1. The van der Waals surface area contributed by atoms with Gasteiger partial charge in [-0.1, -0.05) is 30.4 Å². The van der Waals surface area contributed by atoms with Crippen LogP contribution < -0.4 is 0 Å². The molecule has 0 radical (unpaired) electrons. The summed E-state index contributed by atoms with van der Waals surface area (Å²) in [4.78, 5) is 3.41. The molecule has 0 aromatic rings. The first-order valence-electron chi connectivity index (χ1n) is 9.97. The van der Waals surface area contributed by atoms with Crippen LogP contribution in [0.25, 0.3) is 4.85 Å². The molecule has 0 saturated heterocycles. The predicted octanol–water partition coefficient (Wildman–Crippen LogP) is 5.51. The number of nitrogens with zero attached hydrogens (tertiary/aromatic N) is 1. The van der Waals surface area contributed by atoms with Crippen molar-refractivity contribution >= 4 is 0 Å². The van der Waals surface area contributed by atoms with E-state index in [1.54, 1.807) is 28.4 Å². The monoisotopic (exact) mass is 405 g/mol. The molecule has 0 aliphatic heterocycles. The van der Waals surface area contributed by atoms with Crippen molar-refractivity contribution in [2.24, 2.45) is 0 Å². The third-order valence-electron chi connectivity index (χ3n) is 4.98. The topological polar surface area (TPSA) is 41.3 Å². The SMILES string of the molecule is [C-]#[N+]C(C)=CCC(C)=CC(=C)C(CC(CC(CC(CC=C)OC)OC)OC)OC. The second-order valence-corrected chi connectivity index (χ2v) is 7.26. The molecule has 164 valence electrons. The van der Waals surface area contributed by atoms with E-state index in [-0.39, 0.29) is 24.4 Å². The number of hydrogen-bond donors (Lipinski definition) is 0. The van der Waals surface area contributed by atoms with Crippen LogP contribution in [0.1, 0.15) is 46.0 Å². The summed E-state index contributed by atoms with van der Waals surface area (Å²) in [5.74, 6) is 0. The van der Waals surface area contributed by atoms with Crippen LogP contribution in [0.4, 0.5) is 0 Å². The predicted molar refractivity (Wildman–Crippen MR) is 120 cm³/mol. The zero-order chi connectivity index (χ0) is 22.2. The van der Waals surface area contributed by atoms with Gasteiger partial charge in [-0.3, -0.25) is 0 Å². The van der Waals surface area contributed by atoms with Crippen molar-refractivity contribution in [3.63, 3.8) is 0 Å². The van der Waals surface area contributed by atoms with Gasteiger partial charge in [0.1, 0.15) is 0 Å². The molecular formula is C24H39NO4. The maximum Gasteiger partial charge on any atom is 0.159 e. The molecule has 0 aliphatic carbocycles. The number of methoxy groups -OCH3 is 4. The van der Waals surface area contributed by atoms with Crippen molar-refractivity contribution < 1.29 is 18.9 Å². The lowest BCUT2D eigenvalue weighted by Gasteiger charge is -2.27. The molecule has 0 aromatic carbocycles. The van der Waals surface area contributed by atoms with Crippen LogP contribution in [0.15, 0.2) is 48.2 Å². The van der Waals surface area contributed by atoms with Crippen LogP contribution in [0.2, 0.25) is 0 Å². The first-order valence-corrected chi connectivity index (χ1v) is 9.97. The quantitative estimate of drug-likeness (QED) is 0.193. The van der Waals surface area contributed by atoms with Crippen LogP contribution in [0.5, 0.6) is 0 Å². The standard InChI is InChI=1S/C24H39NO4/c1-10-11-21(26-6)15-22(27-7)16-23(28-8)17-24(29-9)19(3)14-18(2)12-13-20(4)25-5/h10,13-14,21-24H,1,3,11-12,15-17H2,2,4,6-9H3. The molecule has 0 aliphatic rings. The summed E-state index contributed by atoms with van der Waals surface area (Å²) >= 11 is 0. The molecule has 0 aromatic heterocycles. The van der Waals surface area contributed by atoms with E-state index >= 15 is 0 Å². The van der Waals surface area contributed by atoms with Gasteiger partial charge in [0, 0.05) is 41.3 Å². The summed E-state index contributed by atoms with van der Waals surface area (Å²) in [6.45, 7) is 18.8. The number of allylic oxidation sites excluding steroid dienone is 3. The lowest BCUT2D eigenvalue weighted by Crippen LogP contribution is -2.30. The van der Waals surface area contributed by atoms with Gasteiger partial charge in [0.15, 0.2) is 5.70 Å². The van der Waals surface area contributed by atoms with Gasteiger partial charge >= 0.3 is 0 Å². The van der Waals surface area contributed by atoms with Crippen LogP contribution in [-0.2, 0) is 18.9 Å². The Balaban J connectivity index is 4.97. The Morgan fingerprint density at radius 1 is 0.931 bits per heavy atom. The van der Waals surface area contributed by atoms with Gasteiger partial charge in [0.05, 0.1) is 31.0 Å². The van der Waals surface area contributed by atoms with Crippen molar-refractivity contribution in [2.75, 3.05) is 28.4 Å². The molecule has 0 spiro atoms. The second-order valence-electron chi connectivity index (χ2n) is 7.26. The average molecular weight is 406 g/mol. The highest BCUT2D eigenvalue weighted by Gasteiger charge is 2.23. The summed E-state index contributed by atoms with van der Waals surface area (Å²) in [7, 11) is 6.83. The van der Waals surface area contributed by atoms with Crippen molar-refractivity contribution in [3.05, 3.63) is 59.6 Å². The van der Waals surface area contributed by atoms with Crippen molar-refractivity contribution in [2.45, 2.75) is 70.4 Å². The van der Waals surface area contributed by atoms with Gasteiger partial charge in [0.25, 0.3) is 0 Å². The van der Waals surface area contributed by atoms with E-state index in [1.807, 2.05) is 32.1 Å². The highest BCUT2D eigenvalue weighted by Crippen LogP contribution is 2.22. The minimum Gasteiger partial charge on any atom is -0.381 e. The van der Waals surface area contributed by atoms with E-state index < -0.39 is 0 Å². The highest BCUT2D eigenvalue weighted by molar-refractivity contribution is 5.25. The fraction of sp³-hybridized carbons (Fsp3) is 0.625. The van der Waals surface area contributed by atoms with E-state index in [0.29, 0.717) is 12.1 Å². The molecule has 5 nitrogen and oxygen atoms in total. The maximum atomic E-state index is 7.00. The molecule has 5 heteroatoms. The highest BCUT2D eigenvalue weighted by atomic mass is 16.5. The Labute approximate surface area is 177 Å². The Kier molecular flexibility index (Phi) is 15.2. The Morgan fingerprint density at radius 3 is 1.97 bits per heavy atom. The Morgan fingerprint density at radius 2 is 1.48 bits per heavy atom. The fourth-order valence-electron chi connectivity index (χ4n) is 3.10. The largest absolute Gasteiger partial charge is 0.381 e. The van der Waals surface area contributed by atoms with Gasteiger partial charge in [0.2, 0.25) is 0 Å². The molecule has 0 saturated carbocycles. The number of hydrogen-bond acceptors (Lipinski definition) is 4. The van der Waals surface area contributed by atoms with Gasteiger partial charge in [-0.15, -0.1) is 6.58 Å². The van der Waals surface area contributed by atoms with Gasteiger partial charge in [-0.05, 0) is 38.7 Å². The van der Waals surface area contributed by atoms with Gasteiger partial charge in [-0.2, -0.15) is 0 Å². The maximum absolute atomic E-state index is 7.00. The summed E-state index contributed by atoms with van der Waals surface area (Å²) in [5.41, 5.74) is 2.73. The van der Waals surface area contributed by atoms with E-state index in [2.05, 4.69) is 18.0 Å². The molecule has 29 heavy (non-hydrogen) atoms. The first-order chi connectivity index (χ1) is 13.8. The zero-order valence-electron chi connectivity index (χ0n) is 19.1. The molecule has 0 amide bonds. The summed E-state index contributed by atoms with van der Waals surface area (Å²) in [5, 5.41) is 0. The van der Waals surface area contributed by atoms with E-state index in [0.717, 1.165) is 36.8 Å². The molecule has 4 atom stereocenters. The Hall–Kier alpha value is -1.71. The molecule has 0 N–H and O–H groups in total. The molecule has 0 heterocycles. The van der Waals surface area contributed by atoms with E-state index in [9.17, 15) is 0 Å². The van der Waals surface area contributed by atoms with Gasteiger partial charge < -0.3 is 18.9 Å². The molecule has 0 fully saturated rings. The third-order valence-corrected chi connectivity index (χ3v) is 4.98. The fourth-order valence-corrected chi connectivity index (χ4v) is 3.10. The molecule has 0 bridgehead atoms. The van der Waals surface area contributed by atoms with E-state index in [1.165, 1.54) is 0 Å². The lowest BCUT2D eigenvalue weighted by molar-refractivity contribution is -0.0259. The molecule has 0 rings (SSSR count).